The zero-order chi connectivity index (χ0) is 27.2. The van der Waals surface area contributed by atoms with Crippen LogP contribution in [0.3, 0.4) is 0 Å². The lowest BCUT2D eigenvalue weighted by Gasteiger charge is -2.31. The second kappa shape index (κ2) is 15.2. The fraction of sp³-hybridized carbons (Fsp3) is 0.400. The first kappa shape index (κ1) is 32.4. The highest BCUT2D eigenvalue weighted by Crippen LogP contribution is 2.30. The summed E-state index contributed by atoms with van der Waals surface area (Å²) in [5, 5.41) is 20.5. The predicted molar refractivity (Wildman–Crippen MR) is 165 cm³/mol. The Morgan fingerprint density at radius 1 is 1.07 bits per heavy atom. The number of fused-ring (bicyclic) bond motifs is 1. The van der Waals surface area contributed by atoms with Crippen LogP contribution < -0.4 is 25.4 Å². The third kappa shape index (κ3) is 8.24. The maximum absolute atomic E-state index is 12.9. The Kier molecular flexibility index (Phi) is 12.1. The normalized spacial score (nSPS) is 15.1. The second-order valence-corrected chi connectivity index (χ2v) is 10.2. The van der Waals surface area contributed by atoms with Crippen LogP contribution in [0.5, 0.6) is 11.5 Å². The van der Waals surface area contributed by atoms with Crippen molar-refractivity contribution in [1.29, 1.82) is 0 Å². The van der Waals surface area contributed by atoms with Crippen molar-refractivity contribution in [3.63, 3.8) is 0 Å². The first-order valence-corrected chi connectivity index (χ1v) is 13.4. The first-order chi connectivity index (χ1) is 19.0. The predicted octanol–water partition coefficient (Wildman–Crippen LogP) is 3.09. The minimum atomic E-state index is -0.748. The molecule has 0 spiro atoms. The SMILES string of the molecule is COc1ccc(CN(C[C@H](O)CNC(=O)c2ccnc(NC3CNC3)c2)C2Cc3ccccc3C2)c(OC)c1.Cl.Cl. The van der Waals surface area contributed by atoms with Crippen LogP contribution >= 0.6 is 24.8 Å². The van der Waals surface area contributed by atoms with Gasteiger partial charge in [0.2, 0.25) is 0 Å². The number of rotatable bonds is 12. The zero-order valence-electron chi connectivity index (χ0n) is 23.3. The number of halogens is 2. The number of nitrogens with one attached hydrogen (secondary N) is 3. The molecule has 1 fully saturated rings. The number of hydrogen-bond acceptors (Lipinski definition) is 8. The maximum Gasteiger partial charge on any atom is 0.251 e. The van der Waals surface area contributed by atoms with Gasteiger partial charge >= 0.3 is 0 Å². The molecule has 41 heavy (non-hydrogen) atoms. The summed E-state index contributed by atoms with van der Waals surface area (Å²) in [5.74, 6) is 1.92. The van der Waals surface area contributed by atoms with Crippen LogP contribution in [0.15, 0.2) is 60.8 Å². The summed E-state index contributed by atoms with van der Waals surface area (Å²) in [6, 6.07) is 18.3. The summed E-state index contributed by atoms with van der Waals surface area (Å²) < 4.78 is 11.0. The highest BCUT2D eigenvalue weighted by atomic mass is 35.5. The highest BCUT2D eigenvalue weighted by molar-refractivity contribution is 5.94. The van der Waals surface area contributed by atoms with E-state index in [9.17, 15) is 9.90 Å². The van der Waals surface area contributed by atoms with E-state index in [1.165, 1.54) is 11.1 Å². The van der Waals surface area contributed by atoms with Crippen molar-refractivity contribution in [2.45, 2.75) is 37.6 Å². The molecule has 1 aliphatic heterocycles. The van der Waals surface area contributed by atoms with E-state index < -0.39 is 6.10 Å². The number of aliphatic hydroxyl groups excluding tert-OH is 1. The molecule has 3 aromatic rings. The number of amides is 1. The number of aliphatic hydroxyl groups is 1. The zero-order valence-corrected chi connectivity index (χ0v) is 25.0. The number of pyridine rings is 1. The van der Waals surface area contributed by atoms with Gasteiger partial charge in [0, 0.05) is 62.2 Å². The number of carbonyl (C=O) groups excluding carboxylic acids is 1. The molecule has 2 aliphatic rings. The first-order valence-electron chi connectivity index (χ1n) is 13.4. The number of anilines is 1. The lowest BCUT2D eigenvalue weighted by molar-refractivity contribution is 0.0747. The van der Waals surface area contributed by atoms with Gasteiger partial charge in [-0.15, -0.1) is 24.8 Å². The molecule has 0 bridgehead atoms. The van der Waals surface area contributed by atoms with Crippen LogP contribution in [0, 0.1) is 0 Å². The highest BCUT2D eigenvalue weighted by Gasteiger charge is 2.29. The molecule has 1 saturated heterocycles. The van der Waals surface area contributed by atoms with Gasteiger partial charge in [0.1, 0.15) is 17.3 Å². The van der Waals surface area contributed by atoms with Crippen LogP contribution in [-0.4, -0.2) is 79.5 Å². The number of methoxy groups -OCH3 is 2. The minimum Gasteiger partial charge on any atom is -0.497 e. The van der Waals surface area contributed by atoms with Crippen LogP contribution in [0.25, 0.3) is 0 Å². The monoisotopic (exact) mass is 603 g/mol. The quantitative estimate of drug-likeness (QED) is 0.250. The molecular weight excluding hydrogens is 565 g/mol. The molecule has 2 heterocycles. The van der Waals surface area contributed by atoms with Crippen molar-refractivity contribution in [3.05, 3.63) is 83.0 Å². The number of benzene rings is 2. The van der Waals surface area contributed by atoms with E-state index in [-0.39, 0.29) is 43.3 Å². The Hall–Kier alpha value is -3.08. The molecular formula is C30H39Cl2N5O4. The average molecular weight is 605 g/mol. The Labute approximate surface area is 253 Å². The van der Waals surface area contributed by atoms with Crippen LogP contribution in [0.2, 0.25) is 0 Å². The van der Waals surface area contributed by atoms with Crippen molar-refractivity contribution < 1.29 is 19.4 Å². The molecule has 0 radical (unpaired) electrons. The molecule has 1 amide bonds. The summed E-state index contributed by atoms with van der Waals surface area (Å²) in [7, 11) is 3.29. The van der Waals surface area contributed by atoms with E-state index in [0.717, 1.165) is 43.0 Å². The van der Waals surface area contributed by atoms with Crippen molar-refractivity contribution in [2.24, 2.45) is 0 Å². The molecule has 0 unspecified atom stereocenters. The Morgan fingerprint density at radius 3 is 2.44 bits per heavy atom. The fourth-order valence-electron chi connectivity index (χ4n) is 5.24. The number of aromatic nitrogens is 1. The van der Waals surface area contributed by atoms with Crippen LogP contribution in [0.1, 0.15) is 27.0 Å². The van der Waals surface area contributed by atoms with E-state index in [0.29, 0.717) is 30.5 Å². The third-order valence-electron chi connectivity index (χ3n) is 7.51. The van der Waals surface area contributed by atoms with Gasteiger partial charge in [-0.3, -0.25) is 9.69 Å². The smallest absolute Gasteiger partial charge is 0.251 e. The number of ether oxygens (including phenoxy) is 2. The van der Waals surface area contributed by atoms with Gasteiger partial charge in [-0.2, -0.15) is 0 Å². The van der Waals surface area contributed by atoms with Gasteiger partial charge in [0.05, 0.1) is 26.4 Å². The van der Waals surface area contributed by atoms with E-state index in [4.69, 9.17) is 9.47 Å². The van der Waals surface area contributed by atoms with Crippen molar-refractivity contribution in [2.75, 3.05) is 45.7 Å². The summed E-state index contributed by atoms with van der Waals surface area (Å²) in [4.78, 5) is 19.5. The summed E-state index contributed by atoms with van der Waals surface area (Å²) >= 11 is 0. The van der Waals surface area contributed by atoms with Crippen LogP contribution in [0.4, 0.5) is 5.82 Å². The number of nitrogens with zero attached hydrogens (tertiary/aromatic N) is 2. The molecule has 1 aliphatic carbocycles. The topological polar surface area (TPSA) is 108 Å². The summed E-state index contributed by atoms with van der Waals surface area (Å²) in [6.45, 7) is 2.93. The standard InChI is InChI=1S/C30H37N5O4.2ClH/c1-38-27-8-7-23(28(14-27)39-2)18-35(25-11-20-5-3-4-6-21(20)12-25)19-26(36)17-33-30(37)22-9-10-32-29(13-22)34-24-15-31-16-24;;/h3-10,13-14,24-26,31,36H,11-12,15-19H2,1-2H3,(H,32,34)(H,33,37);2*1H/t26-;;/m1../s1. The average Bonchev–Trinajstić information content (AvgIpc) is 3.38. The van der Waals surface area contributed by atoms with E-state index in [1.54, 1.807) is 32.5 Å². The second-order valence-electron chi connectivity index (χ2n) is 10.2. The van der Waals surface area contributed by atoms with E-state index in [1.807, 2.05) is 18.2 Å². The summed E-state index contributed by atoms with van der Waals surface area (Å²) in [6.07, 6.45) is 2.71. The number of hydrogen-bond donors (Lipinski definition) is 4. The maximum atomic E-state index is 12.9. The Bertz CT molecular complexity index is 1270. The van der Waals surface area contributed by atoms with Gasteiger partial charge < -0.3 is 30.5 Å². The van der Waals surface area contributed by atoms with Crippen molar-refractivity contribution in [1.82, 2.24) is 20.5 Å². The molecule has 4 N–H and O–H groups in total. The molecule has 11 heteroatoms. The molecule has 0 saturated carbocycles. The van der Waals surface area contributed by atoms with E-state index in [2.05, 4.69) is 50.1 Å². The lowest BCUT2D eigenvalue weighted by Crippen LogP contribution is -2.51. The molecule has 5 rings (SSSR count). The molecule has 2 aromatic carbocycles. The van der Waals surface area contributed by atoms with Gasteiger partial charge in [0.25, 0.3) is 5.91 Å². The van der Waals surface area contributed by atoms with Crippen molar-refractivity contribution in [3.8, 4) is 11.5 Å². The minimum absolute atomic E-state index is 0. The lowest BCUT2D eigenvalue weighted by atomic mass is 10.1. The number of carbonyl (C=O) groups is 1. The van der Waals surface area contributed by atoms with Crippen molar-refractivity contribution >= 4 is 36.5 Å². The van der Waals surface area contributed by atoms with Gasteiger partial charge in [-0.05, 0) is 42.2 Å². The summed E-state index contributed by atoms with van der Waals surface area (Å²) in [5.41, 5.74) is 4.22. The molecule has 9 nitrogen and oxygen atoms in total. The van der Waals surface area contributed by atoms with Gasteiger partial charge in [-0.1, -0.05) is 30.3 Å². The fourth-order valence-corrected chi connectivity index (χ4v) is 5.24. The molecule has 222 valence electrons. The Balaban J connectivity index is 0.00000231. The van der Waals surface area contributed by atoms with E-state index >= 15 is 0 Å². The van der Waals surface area contributed by atoms with Crippen LogP contribution in [-0.2, 0) is 19.4 Å². The van der Waals surface area contributed by atoms with Gasteiger partial charge in [-0.25, -0.2) is 4.98 Å². The molecule has 1 atom stereocenters. The van der Waals surface area contributed by atoms with Gasteiger partial charge in [0.15, 0.2) is 0 Å². The third-order valence-corrected chi connectivity index (χ3v) is 7.51. The Morgan fingerprint density at radius 2 is 1.80 bits per heavy atom. The largest absolute Gasteiger partial charge is 0.497 e. The molecule has 1 aromatic heterocycles.